The van der Waals surface area contributed by atoms with Crippen LogP contribution in [0.1, 0.15) is 6.92 Å². The van der Waals surface area contributed by atoms with E-state index in [1.807, 2.05) is 0 Å². The molecule has 0 radical (unpaired) electrons. The van der Waals surface area contributed by atoms with Gasteiger partial charge in [-0.15, -0.1) is 0 Å². The van der Waals surface area contributed by atoms with Crippen molar-refractivity contribution in [3.63, 3.8) is 0 Å². The summed E-state index contributed by atoms with van der Waals surface area (Å²) in [5, 5.41) is 46.0. The summed E-state index contributed by atoms with van der Waals surface area (Å²) in [4.78, 5) is 19.4. The largest absolute Gasteiger partial charge is 1.00 e. The number of carbonyl (C=O) groups excluding carboxylic acids is 2. The molecule has 2 rings (SSSR count). The SMILES string of the molecule is CO[C@H]1OC(COS(=O)(=O)[O-])[CH-][C@H](O[C@@H]2OC(C(=O)[O-])[C@@H](O)[C@H](O)C2O)C1C.N=C=O.O=S(=O)([O-])O.[Na+].[Na+].[Na+]. The predicted molar refractivity (Wildman–Crippen MR) is 102 cm³/mol. The van der Waals surface area contributed by atoms with Gasteiger partial charge in [-0.25, -0.2) is 27.0 Å². The van der Waals surface area contributed by atoms with Gasteiger partial charge in [0.15, 0.2) is 12.6 Å². The Bertz CT molecular complexity index is 941. The van der Waals surface area contributed by atoms with Crippen LogP contribution in [-0.4, -0.2) is 121 Å². The van der Waals surface area contributed by atoms with Crippen LogP contribution in [0.4, 0.5) is 0 Å². The van der Waals surface area contributed by atoms with Crippen LogP contribution in [0.3, 0.4) is 0 Å². The summed E-state index contributed by atoms with van der Waals surface area (Å²) in [5.41, 5.74) is 0. The van der Waals surface area contributed by atoms with E-state index in [0.717, 1.165) is 6.08 Å². The van der Waals surface area contributed by atoms with Crippen molar-refractivity contribution in [2.75, 3.05) is 13.7 Å². The van der Waals surface area contributed by atoms with Gasteiger partial charge in [0.2, 0.25) is 26.9 Å². The van der Waals surface area contributed by atoms with E-state index in [4.69, 9.17) is 46.7 Å². The standard InChI is InChI=1S/C14H23O13S.CHNO.3Na.H2O4S/c1-5-7(3-6(25-13(5)23-2)4-24-28(20,21)22)26-14-10(17)8(15)9(16)11(27-14)12(18)19;2-1-3;;;;1-5(2,3)4/h3,5-11,13-17H,4H2,1-2H3,(H,18,19)(H,20,21,22);2H;;;;(H2,1,2,3,4)/q-1;;3*+1;/p-3/t5?,6?,7-,8-,9-,10?,11?,13-,14+;;;;;/m0...../s1. The number of aliphatic carboxylic acids is 1. The zero-order chi connectivity index (χ0) is 28.4. The van der Waals surface area contributed by atoms with Gasteiger partial charge in [-0.05, 0) is 6.10 Å². The van der Waals surface area contributed by atoms with Gasteiger partial charge in [-0.2, -0.15) is 0 Å². The second-order valence-electron chi connectivity index (χ2n) is 6.87. The number of methoxy groups -OCH3 is 1. The average Bonchev–Trinajstić information content (AvgIpc) is 2.72. The number of isocyanates is 1. The first-order valence-corrected chi connectivity index (χ1v) is 12.0. The molecule has 5 N–H and O–H groups in total. The predicted octanol–water partition coefficient (Wildman–Crippen LogP) is -14.5. The van der Waals surface area contributed by atoms with Gasteiger partial charge in [0.1, 0.15) is 24.4 Å². The Morgan fingerprint density at radius 3 is 1.87 bits per heavy atom. The fraction of sp³-hybridized carbons (Fsp3) is 0.800. The van der Waals surface area contributed by atoms with Gasteiger partial charge in [-0.1, -0.05) is 13.0 Å². The molecule has 24 heteroatoms. The van der Waals surface area contributed by atoms with E-state index in [2.05, 4.69) is 4.18 Å². The van der Waals surface area contributed by atoms with E-state index >= 15 is 0 Å². The first-order chi connectivity index (χ1) is 16.4. The van der Waals surface area contributed by atoms with Crippen molar-refractivity contribution in [3.05, 3.63) is 6.42 Å². The number of rotatable bonds is 7. The molecule has 2 fully saturated rings. The third kappa shape index (κ3) is 19.3. The van der Waals surface area contributed by atoms with Gasteiger partial charge in [0.05, 0.1) is 12.6 Å². The van der Waals surface area contributed by atoms with Gasteiger partial charge in [0.25, 0.3) is 0 Å². The van der Waals surface area contributed by atoms with E-state index in [1.165, 1.54) is 13.5 Å². The Kier molecular flexibility index (Phi) is 26.5. The summed E-state index contributed by atoms with van der Waals surface area (Å²) in [6.45, 7) is 0.933. The summed E-state index contributed by atoms with van der Waals surface area (Å²) >= 11 is 0. The quantitative estimate of drug-likeness (QED) is 0.0431. The van der Waals surface area contributed by atoms with E-state index in [0.29, 0.717) is 0 Å². The zero-order valence-corrected chi connectivity index (χ0v) is 28.9. The first-order valence-electron chi connectivity index (χ1n) is 9.27. The molecule has 0 amide bonds. The summed E-state index contributed by atoms with van der Waals surface area (Å²) in [6.07, 6.45) is -10.2. The number of carboxylic acid groups (broad SMARTS) is 1. The van der Waals surface area contributed by atoms with Gasteiger partial charge >= 0.3 is 88.7 Å². The maximum atomic E-state index is 11.1. The van der Waals surface area contributed by atoms with Gasteiger partial charge in [-0.3, -0.25) is 15.2 Å². The monoisotopic (exact) mass is 638 g/mol. The molecule has 0 spiro atoms. The second-order valence-corrected chi connectivity index (χ2v) is 8.78. The summed E-state index contributed by atoms with van der Waals surface area (Å²) in [7, 11) is -8.60. The van der Waals surface area contributed by atoms with Gasteiger partial charge < -0.3 is 53.3 Å². The van der Waals surface area contributed by atoms with Crippen molar-refractivity contribution < 1.29 is 172 Å². The maximum absolute atomic E-state index is 11.1. The van der Waals surface area contributed by atoms with Crippen LogP contribution in [0.5, 0.6) is 0 Å². The minimum Gasteiger partial charge on any atom is -0.726 e. The van der Waals surface area contributed by atoms with Crippen molar-refractivity contribution in [2.45, 2.75) is 56.1 Å². The third-order valence-corrected chi connectivity index (χ3v) is 4.79. The molecular formula is C15H23NNa3O18S2-. The number of aliphatic hydroxyl groups is 3. The number of carbonyl (C=O) groups is 1. The third-order valence-electron chi connectivity index (χ3n) is 4.36. The van der Waals surface area contributed by atoms with Crippen LogP contribution in [0.2, 0.25) is 0 Å². The van der Waals surface area contributed by atoms with Crippen LogP contribution >= 0.6 is 0 Å². The normalized spacial score (nSPS) is 32.1. The topological polar surface area (TPSA) is 323 Å². The Morgan fingerprint density at radius 2 is 1.49 bits per heavy atom. The molecule has 0 bridgehead atoms. The van der Waals surface area contributed by atoms with Crippen molar-refractivity contribution >= 4 is 32.8 Å². The molecule has 2 heterocycles. The minimum absolute atomic E-state index is 0. The van der Waals surface area contributed by atoms with Crippen molar-refractivity contribution in [3.8, 4) is 0 Å². The molecule has 0 saturated carbocycles. The smallest absolute Gasteiger partial charge is 0.726 e. The Morgan fingerprint density at radius 1 is 1.03 bits per heavy atom. The maximum Gasteiger partial charge on any atom is 1.00 e. The second kappa shape index (κ2) is 21.9. The number of ether oxygens (including phenoxy) is 4. The fourth-order valence-corrected chi connectivity index (χ4v) is 3.18. The Balaban J connectivity index is -0.000000492. The molecule has 212 valence electrons. The van der Waals surface area contributed by atoms with Crippen LogP contribution < -0.4 is 93.8 Å². The number of carboxylic acids is 1. The molecule has 2 aliphatic rings. The molecule has 0 aromatic heterocycles. The molecular weight excluding hydrogens is 615 g/mol. The molecule has 4 unspecified atom stereocenters. The molecule has 2 aliphatic heterocycles. The van der Waals surface area contributed by atoms with Crippen LogP contribution in [-0.2, 0) is 53.5 Å². The fourth-order valence-electron chi connectivity index (χ4n) is 2.88. The van der Waals surface area contributed by atoms with E-state index in [9.17, 15) is 38.2 Å². The Labute approximate surface area is 289 Å². The van der Waals surface area contributed by atoms with Crippen molar-refractivity contribution in [2.24, 2.45) is 5.92 Å². The Hall–Kier alpha value is 1.31. The molecule has 0 aliphatic carbocycles. The first kappa shape index (κ1) is 47.2. The summed E-state index contributed by atoms with van der Waals surface area (Å²) in [5.74, 6) is -2.39. The number of nitrogens with one attached hydrogen (secondary N) is 1. The van der Waals surface area contributed by atoms with E-state index in [-0.39, 0.29) is 88.7 Å². The molecule has 19 nitrogen and oxygen atoms in total. The van der Waals surface area contributed by atoms with Crippen LogP contribution in [0.15, 0.2) is 0 Å². The summed E-state index contributed by atoms with van der Waals surface area (Å²) < 4.78 is 89.9. The number of hydrogen-bond donors (Lipinski definition) is 5. The van der Waals surface area contributed by atoms with Crippen LogP contribution in [0, 0.1) is 17.7 Å². The van der Waals surface area contributed by atoms with E-state index in [1.54, 1.807) is 6.92 Å². The van der Waals surface area contributed by atoms with E-state index < -0.39 is 88.5 Å². The zero-order valence-electron chi connectivity index (χ0n) is 21.3. The molecule has 0 aromatic carbocycles. The molecule has 2 saturated heterocycles. The number of aliphatic hydroxyl groups excluding tert-OH is 3. The van der Waals surface area contributed by atoms with Crippen LogP contribution in [0.25, 0.3) is 0 Å². The molecule has 9 atom stereocenters. The van der Waals surface area contributed by atoms with Crippen molar-refractivity contribution in [1.29, 1.82) is 5.41 Å². The average molecular weight is 638 g/mol. The molecule has 0 aromatic rings. The minimum atomic E-state index is -4.97. The molecule has 39 heavy (non-hydrogen) atoms. The van der Waals surface area contributed by atoms with Crippen molar-refractivity contribution in [1.82, 2.24) is 0 Å². The summed E-state index contributed by atoms with van der Waals surface area (Å²) in [6, 6.07) is 0. The number of hydrogen-bond acceptors (Lipinski definition) is 18. The van der Waals surface area contributed by atoms with Gasteiger partial charge in [0, 0.05) is 13.0 Å².